The number of amides is 4. The van der Waals surface area contributed by atoms with E-state index in [2.05, 4.69) is 48.8 Å². The number of benzene rings is 1. The Bertz CT molecular complexity index is 1430. The summed E-state index contributed by atoms with van der Waals surface area (Å²) >= 11 is 2.22. The number of carboxylic acids is 3. The van der Waals surface area contributed by atoms with E-state index in [0.29, 0.717) is 38.1 Å². The predicted molar refractivity (Wildman–Crippen MR) is 179 cm³/mol. The minimum Gasteiger partial charge on any atom is -0.481 e. The van der Waals surface area contributed by atoms with Gasteiger partial charge in [-0.05, 0) is 110 Å². The van der Waals surface area contributed by atoms with Gasteiger partial charge in [-0.1, -0.05) is 0 Å². The van der Waals surface area contributed by atoms with Crippen molar-refractivity contribution in [1.82, 2.24) is 26.3 Å². The van der Waals surface area contributed by atoms with Crippen LogP contribution in [0, 0.1) is 15.4 Å². The second-order valence-electron chi connectivity index (χ2n) is 11.8. The van der Waals surface area contributed by atoms with Crippen molar-refractivity contribution in [1.29, 1.82) is 0 Å². The number of halogens is 1. The van der Waals surface area contributed by atoms with E-state index in [1.807, 2.05) is 24.4 Å². The molecule has 16 heteroatoms. The van der Waals surface area contributed by atoms with Gasteiger partial charge in [0, 0.05) is 46.0 Å². The molecule has 0 bridgehead atoms. The zero-order chi connectivity index (χ0) is 34.5. The van der Waals surface area contributed by atoms with Crippen LogP contribution in [-0.2, 0) is 30.4 Å². The van der Waals surface area contributed by atoms with E-state index >= 15 is 0 Å². The van der Waals surface area contributed by atoms with Gasteiger partial charge in [0.1, 0.15) is 18.1 Å². The zero-order valence-electron chi connectivity index (χ0n) is 25.9. The number of urea groups is 1. The molecule has 0 radical (unpaired) electrons. The molecular formula is C31H43IN6O9. The summed E-state index contributed by atoms with van der Waals surface area (Å²) < 4.78 is 1.03. The van der Waals surface area contributed by atoms with E-state index in [1.165, 1.54) is 0 Å². The van der Waals surface area contributed by atoms with Crippen LogP contribution in [-0.4, -0.2) is 87.3 Å². The lowest BCUT2D eigenvalue weighted by Gasteiger charge is -2.28. The monoisotopic (exact) mass is 770 g/mol. The first-order valence-electron chi connectivity index (χ1n) is 15.7. The highest BCUT2D eigenvalue weighted by Gasteiger charge is 2.30. The second-order valence-corrected chi connectivity index (χ2v) is 13.1. The van der Waals surface area contributed by atoms with Crippen LogP contribution in [0.5, 0.6) is 0 Å². The largest absolute Gasteiger partial charge is 0.481 e. The fraction of sp³-hybridized carbons (Fsp3) is 0.548. The van der Waals surface area contributed by atoms with Crippen LogP contribution in [0.25, 0.3) is 10.9 Å². The lowest BCUT2D eigenvalue weighted by Crippen LogP contribution is -2.51. The van der Waals surface area contributed by atoms with Gasteiger partial charge in [0.2, 0.25) is 11.8 Å². The topological polar surface area (TPSA) is 253 Å². The summed E-state index contributed by atoms with van der Waals surface area (Å²) in [7, 11) is 0. The molecule has 15 nitrogen and oxygen atoms in total. The number of aromatic nitrogens is 1. The maximum atomic E-state index is 13.4. The normalized spacial score (nSPS) is 18.0. The van der Waals surface area contributed by atoms with Gasteiger partial charge in [0.25, 0.3) is 0 Å². The molecule has 0 unspecified atom stereocenters. The summed E-state index contributed by atoms with van der Waals surface area (Å²) in [4.78, 5) is 75.9. The van der Waals surface area contributed by atoms with Gasteiger partial charge in [0.15, 0.2) is 0 Å². The number of carboxylic acid groups (broad SMARTS) is 3. The van der Waals surface area contributed by atoms with Crippen LogP contribution >= 0.6 is 22.6 Å². The molecule has 1 aliphatic rings. The van der Waals surface area contributed by atoms with Crippen molar-refractivity contribution in [2.24, 2.45) is 17.6 Å². The fourth-order valence-corrected chi connectivity index (χ4v) is 6.14. The quantitative estimate of drug-likeness (QED) is 0.0787. The molecule has 1 heterocycles. The van der Waals surface area contributed by atoms with E-state index < -0.39 is 48.5 Å². The third-order valence-corrected chi connectivity index (χ3v) is 9.08. The van der Waals surface area contributed by atoms with E-state index in [-0.39, 0.29) is 43.5 Å². The Morgan fingerprint density at radius 3 is 2.17 bits per heavy atom. The van der Waals surface area contributed by atoms with Crippen LogP contribution in [0.1, 0.15) is 63.4 Å². The first-order valence-corrected chi connectivity index (χ1v) is 16.7. The van der Waals surface area contributed by atoms with Gasteiger partial charge in [0.05, 0.1) is 0 Å². The molecule has 3 atom stereocenters. The van der Waals surface area contributed by atoms with E-state index in [1.54, 1.807) is 0 Å². The molecule has 258 valence electrons. The first kappa shape index (κ1) is 37.5. The number of nitrogens with one attached hydrogen (secondary N) is 5. The molecule has 0 spiro atoms. The molecule has 1 aliphatic carbocycles. The molecule has 1 fully saturated rings. The summed E-state index contributed by atoms with van der Waals surface area (Å²) in [6, 6.07) is 1.20. The Morgan fingerprint density at radius 1 is 0.894 bits per heavy atom. The Labute approximate surface area is 285 Å². The van der Waals surface area contributed by atoms with Crippen molar-refractivity contribution in [3.05, 3.63) is 33.5 Å². The lowest BCUT2D eigenvalue weighted by atomic mass is 9.81. The molecule has 0 saturated heterocycles. The van der Waals surface area contributed by atoms with Crippen LogP contribution < -0.4 is 27.0 Å². The van der Waals surface area contributed by atoms with Gasteiger partial charge in [-0.25, -0.2) is 14.4 Å². The number of nitrogens with two attached hydrogens (primary N) is 1. The number of carbonyl (C=O) groups excluding carboxylic acids is 3. The third kappa shape index (κ3) is 12.0. The van der Waals surface area contributed by atoms with Crippen molar-refractivity contribution in [2.45, 2.75) is 82.3 Å². The van der Waals surface area contributed by atoms with Crippen molar-refractivity contribution in [2.75, 3.05) is 13.1 Å². The molecular weight excluding hydrogens is 727 g/mol. The summed E-state index contributed by atoms with van der Waals surface area (Å²) in [6.45, 7) is 0.780. The molecule has 1 aromatic heterocycles. The highest BCUT2D eigenvalue weighted by Crippen LogP contribution is 2.28. The molecule has 0 aliphatic heterocycles. The van der Waals surface area contributed by atoms with E-state index in [0.717, 1.165) is 32.9 Å². The van der Waals surface area contributed by atoms with E-state index in [4.69, 9.17) is 10.8 Å². The van der Waals surface area contributed by atoms with Gasteiger partial charge < -0.3 is 47.3 Å². The van der Waals surface area contributed by atoms with Gasteiger partial charge >= 0.3 is 23.9 Å². The van der Waals surface area contributed by atoms with Crippen molar-refractivity contribution >= 4 is 69.2 Å². The van der Waals surface area contributed by atoms with Crippen LogP contribution in [0.2, 0.25) is 0 Å². The molecule has 47 heavy (non-hydrogen) atoms. The average molecular weight is 771 g/mol. The number of hydrogen-bond donors (Lipinski definition) is 9. The van der Waals surface area contributed by atoms with Gasteiger partial charge in [-0.3, -0.25) is 14.4 Å². The Hall–Kier alpha value is -3.93. The predicted octanol–water partition coefficient (Wildman–Crippen LogP) is 1.92. The van der Waals surface area contributed by atoms with Crippen molar-refractivity contribution < 1.29 is 44.1 Å². The van der Waals surface area contributed by atoms with Gasteiger partial charge in [-0.15, -0.1) is 0 Å². The summed E-state index contributed by atoms with van der Waals surface area (Å²) in [5.74, 6) is -4.35. The minimum absolute atomic E-state index is 0.00883. The van der Waals surface area contributed by atoms with Crippen molar-refractivity contribution in [3.63, 3.8) is 0 Å². The lowest BCUT2D eigenvalue weighted by molar-refractivity contribution is -0.141. The van der Waals surface area contributed by atoms with E-state index in [9.17, 15) is 39.0 Å². The highest BCUT2D eigenvalue weighted by molar-refractivity contribution is 14.1. The molecule has 3 rings (SSSR count). The number of H-pyrrole nitrogens is 1. The van der Waals surface area contributed by atoms with Crippen LogP contribution in [0.4, 0.5) is 4.79 Å². The fourth-order valence-electron chi connectivity index (χ4n) is 5.65. The Kier molecular flexibility index (Phi) is 14.7. The molecule has 1 saturated carbocycles. The smallest absolute Gasteiger partial charge is 0.326 e. The number of aromatic amines is 1. The van der Waals surface area contributed by atoms with Crippen LogP contribution in [0.3, 0.4) is 0 Å². The third-order valence-electron chi connectivity index (χ3n) is 8.41. The standard InChI is InChI=1S/C31H43IN6O9/c32-20-8-9-22-21(14-20)19(16-35-22)13-25(36-27(41)18-6-4-17(15-33)5-7-18)28(42)34-12-2-1-3-23(29(43)44)37-31(47)38-24(30(45)46)10-11-26(39)40/h8-9,14,16-18,23-25,35H,1-7,10-13,15,33H2,(H,34,42)(H,36,41)(H,39,40)(H,43,44)(H,45,46)(H2,37,38,47)/t17-,18-,23-,24-,25+/m0/s1. The first-order chi connectivity index (χ1) is 22.4. The molecule has 1 aromatic carbocycles. The minimum atomic E-state index is -1.50. The molecule has 4 amide bonds. The highest BCUT2D eigenvalue weighted by atomic mass is 127. The number of carbonyl (C=O) groups is 6. The summed E-state index contributed by atoms with van der Waals surface area (Å²) in [6.07, 6.45) is 5.04. The zero-order valence-corrected chi connectivity index (χ0v) is 28.1. The summed E-state index contributed by atoms with van der Waals surface area (Å²) in [5, 5.41) is 38.6. The maximum absolute atomic E-state index is 13.4. The van der Waals surface area contributed by atoms with Gasteiger partial charge in [-0.2, -0.15) is 0 Å². The maximum Gasteiger partial charge on any atom is 0.326 e. The summed E-state index contributed by atoms with van der Waals surface area (Å²) in [5.41, 5.74) is 7.60. The van der Waals surface area contributed by atoms with Crippen molar-refractivity contribution in [3.8, 4) is 0 Å². The number of rotatable bonds is 18. The Morgan fingerprint density at radius 2 is 1.55 bits per heavy atom. The number of aliphatic carboxylic acids is 3. The number of fused-ring (bicyclic) bond motifs is 1. The molecule has 10 N–H and O–H groups in total. The molecule has 2 aromatic rings. The SMILES string of the molecule is NC[C@H]1CC[C@H](C(=O)N[C@H](Cc2c[nH]c3ccc(I)cc23)C(=O)NCCCC[C@H](NC(=O)N[C@@H](CCC(=O)O)C(=O)O)C(=O)O)CC1. The Balaban J connectivity index is 1.55. The number of unbranched alkanes of at least 4 members (excludes halogenated alkanes) is 1. The average Bonchev–Trinajstić information content (AvgIpc) is 3.42. The van der Waals surface area contributed by atoms with Crippen LogP contribution in [0.15, 0.2) is 24.4 Å². The number of hydrogen-bond acceptors (Lipinski definition) is 7. The second kappa shape index (κ2) is 18.4.